The van der Waals surface area contributed by atoms with Gasteiger partial charge in [-0.2, -0.15) is 22.0 Å². The van der Waals surface area contributed by atoms with Gasteiger partial charge in [0.2, 0.25) is 0 Å². The van der Waals surface area contributed by atoms with Crippen molar-refractivity contribution in [2.24, 2.45) is 0 Å². The van der Waals surface area contributed by atoms with E-state index in [0.29, 0.717) is 24.6 Å². The summed E-state index contributed by atoms with van der Waals surface area (Å²) < 4.78 is 174. The van der Waals surface area contributed by atoms with Gasteiger partial charge in [0.25, 0.3) is 0 Å². The summed E-state index contributed by atoms with van der Waals surface area (Å²) in [7, 11) is 0. The Bertz CT molecular complexity index is 1600. The fourth-order valence-electron chi connectivity index (χ4n) is 4.12. The molecule has 0 atom stereocenters. The van der Waals surface area contributed by atoms with Gasteiger partial charge in [-0.15, -0.1) is 0 Å². The van der Waals surface area contributed by atoms with Crippen LogP contribution in [-0.2, 0) is 18.7 Å². The van der Waals surface area contributed by atoms with E-state index in [0.717, 1.165) is 12.1 Å². The third-order valence-corrected chi connectivity index (χ3v) is 5.96. The Morgan fingerprint density at radius 3 is 1.88 bits per heavy atom. The zero-order valence-electron chi connectivity index (χ0n) is 19.9. The van der Waals surface area contributed by atoms with Crippen molar-refractivity contribution in [3.05, 3.63) is 99.9 Å². The average molecular weight is 582 g/mol. The zero-order chi connectivity index (χ0) is 29.7. The van der Waals surface area contributed by atoms with Gasteiger partial charge in [0.1, 0.15) is 22.8 Å². The molecule has 0 aromatic heterocycles. The summed E-state index contributed by atoms with van der Waals surface area (Å²) in [5, 5.41) is -1.84. The summed E-state index contributed by atoms with van der Waals surface area (Å²) in [4.78, 5) is 0. The fraction of sp³-hybridized carbons (Fsp3) is 0.185. The molecule has 0 saturated heterocycles. The van der Waals surface area contributed by atoms with E-state index in [1.165, 1.54) is 0 Å². The minimum Gasteiger partial charge on any atom is -0.426 e. The van der Waals surface area contributed by atoms with Gasteiger partial charge in [-0.25, -0.2) is 30.7 Å². The summed E-state index contributed by atoms with van der Waals surface area (Å²) in [5.41, 5.74) is -5.92. The molecule has 4 aromatic rings. The fourth-order valence-corrected chi connectivity index (χ4v) is 4.12. The Labute approximate surface area is 217 Å². The van der Waals surface area contributed by atoms with E-state index in [1.54, 1.807) is 6.92 Å². The minimum atomic E-state index is -5.44. The highest BCUT2D eigenvalue weighted by Crippen LogP contribution is 2.41. The standard InChI is InChI=1S/C27H14F12O/c1-2-3-11-4-6-15(23(32)21(11)30)27(38,39)40-18-7-5-12-8-14(22(31)25(34)19(12)24(18)33)13-9-16(28)20(17(29)10-13)26(35,36)37/h4-10H,2-3H2,1H3. The number of rotatable bonds is 6. The van der Waals surface area contributed by atoms with E-state index in [-0.39, 0.29) is 24.1 Å². The van der Waals surface area contributed by atoms with Crippen molar-refractivity contribution in [2.75, 3.05) is 0 Å². The Balaban J connectivity index is 1.78. The van der Waals surface area contributed by atoms with Crippen molar-refractivity contribution in [1.82, 2.24) is 0 Å². The normalized spacial score (nSPS) is 12.3. The van der Waals surface area contributed by atoms with Gasteiger partial charge in [0.05, 0.1) is 5.39 Å². The molecule has 0 heterocycles. The van der Waals surface area contributed by atoms with E-state index < -0.39 is 91.8 Å². The van der Waals surface area contributed by atoms with Crippen molar-refractivity contribution in [2.45, 2.75) is 32.1 Å². The molecular formula is C27H14F12O. The molecule has 0 aliphatic rings. The molecule has 0 unspecified atom stereocenters. The lowest BCUT2D eigenvalue weighted by atomic mass is 9.97. The van der Waals surface area contributed by atoms with Crippen molar-refractivity contribution in [1.29, 1.82) is 0 Å². The molecule has 0 spiro atoms. The van der Waals surface area contributed by atoms with Gasteiger partial charge >= 0.3 is 12.3 Å². The second kappa shape index (κ2) is 10.3. The molecule has 0 saturated carbocycles. The van der Waals surface area contributed by atoms with Crippen LogP contribution >= 0.6 is 0 Å². The quantitative estimate of drug-likeness (QED) is 0.206. The first-order valence-corrected chi connectivity index (χ1v) is 11.3. The summed E-state index contributed by atoms with van der Waals surface area (Å²) in [6.45, 7) is 1.64. The lowest BCUT2D eigenvalue weighted by Crippen LogP contribution is -2.25. The third kappa shape index (κ3) is 5.04. The molecule has 0 amide bonds. The molecule has 0 radical (unpaired) electrons. The molecule has 0 aliphatic carbocycles. The number of hydrogen-bond donors (Lipinski definition) is 0. The van der Waals surface area contributed by atoms with Gasteiger partial charge in [0, 0.05) is 5.56 Å². The number of benzene rings is 4. The van der Waals surface area contributed by atoms with Gasteiger partial charge < -0.3 is 4.74 Å². The lowest BCUT2D eigenvalue weighted by molar-refractivity contribution is -0.189. The molecule has 0 N–H and O–H groups in total. The largest absolute Gasteiger partial charge is 0.429 e. The highest BCUT2D eigenvalue weighted by Gasteiger charge is 2.41. The Hall–Kier alpha value is -3.90. The molecule has 13 heteroatoms. The molecule has 1 nitrogen and oxygen atoms in total. The van der Waals surface area contributed by atoms with Crippen LogP contribution in [0.25, 0.3) is 21.9 Å². The van der Waals surface area contributed by atoms with Crippen molar-refractivity contribution in [3.8, 4) is 16.9 Å². The molecule has 40 heavy (non-hydrogen) atoms. The van der Waals surface area contributed by atoms with Gasteiger partial charge in [-0.1, -0.05) is 25.5 Å². The van der Waals surface area contributed by atoms with Crippen LogP contribution in [0.2, 0.25) is 0 Å². The van der Waals surface area contributed by atoms with Crippen LogP contribution in [0.5, 0.6) is 5.75 Å². The van der Waals surface area contributed by atoms with Crippen LogP contribution in [-0.4, -0.2) is 0 Å². The first-order chi connectivity index (χ1) is 18.6. The van der Waals surface area contributed by atoms with Gasteiger partial charge in [0.15, 0.2) is 34.8 Å². The van der Waals surface area contributed by atoms with Crippen LogP contribution < -0.4 is 4.74 Å². The molecule has 0 bridgehead atoms. The minimum absolute atomic E-state index is 0.0351. The van der Waals surface area contributed by atoms with Crippen LogP contribution in [0.15, 0.2) is 42.5 Å². The van der Waals surface area contributed by atoms with Gasteiger partial charge in [-0.3, -0.25) is 0 Å². The molecule has 4 rings (SSSR count). The van der Waals surface area contributed by atoms with Crippen LogP contribution in [0.3, 0.4) is 0 Å². The molecule has 4 aromatic carbocycles. The smallest absolute Gasteiger partial charge is 0.426 e. The number of fused-ring (bicyclic) bond motifs is 1. The maximum absolute atomic E-state index is 15.1. The average Bonchev–Trinajstić information content (AvgIpc) is 2.84. The van der Waals surface area contributed by atoms with E-state index in [2.05, 4.69) is 4.74 Å². The van der Waals surface area contributed by atoms with Crippen molar-refractivity contribution < 1.29 is 57.4 Å². The first kappa shape index (κ1) is 29.1. The molecule has 0 fully saturated rings. The van der Waals surface area contributed by atoms with Crippen LogP contribution in [0.1, 0.15) is 30.0 Å². The summed E-state index contributed by atoms with van der Waals surface area (Å²) in [6, 6.07) is 3.44. The zero-order valence-corrected chi connectivity index (χ0v) is 19.9. The van der Waals surface area contributed by atoms with Crippen LogP contribution in [0, 0.1) is 40.7 Å². The highest BCUT2D eigenvalue weighted by atomic mass is 19.4. The summed E-state index contributed by atoms with van der Waals surface area (Å²) in [5.74, 6) is -15.1. The topological polar surface area (TPSA) is 9.23 Å². The van der Waals surface area contributed by atoms with Crippen molar-refractivity contribution in [3.63, 3.8) is 0 Å². The van der Waals surface area contributed by atoms with E-state index in [9.17, 15) is 48.3 Å². The van der Waals surface area contributed by atoms with E-state index in [1.807, 2.05) is 0 Å². The number of halogens is 12. The van der Waals surface area contributed by atoms with Crippen molar-refractivity contribution >= 4 is 10.8 Å². The van der Waals surface area contributed by atoms with Crippen LogP contribution in [0.4, 0.5) is 52.7 Å². The summed E-state index contributed by atoms with van der Waals surface area (Å²) in [6.07, 6.45) is -9.72. The Morgan fingerprint density at radius 1 is 0.675 bits per heavy atom. The second-order valence-electron chi connectivity index (χ2n) is 8.61. The first-order valence-electron chi connectivity index (χ1n) is 11.3. The number of hydrogen-bond acceptors (Lipinski definition) is 1. The van der Waals surface area contributed by atoms with E-state index in [4.69, 9.17) is 0 Å². The third-order valence-electron chi connectivity index (χ3n) is 5.96. The SMILES string of the molecule is CCCc1ccc(C(F)(F)Oc2ccc3cc(-c4cc(F)c(C(F)(F)F)c(F)c4)c(F)c(F)c3c2F)c(F)c1F. The number of alkyl halides is 5. The maximum atomic E-state index is 15.1. The lowest BCUT2D eigenvalue weighted by Gasteiger charge is -2.20. The summed E-state index contributed by atoms with van der Waals surface area (Å²) >= 11 is 0. The molecule has 0 aliphatic heterocycles. The second-order valence-corrected chi connectivity index (χ2v) is 8.61. The molecule has 212 valence electrons. The highest BCUT2D eigenvalue weighted by molar-refractivity contribution is 5.90. The van der Waals surface area contributed by atoms with E-state index >= 15 is 4.39 Å². The van der Waals surface area contributed by atoms with Gasteiger partial charge in [-0.05, 0) is 53.3 Å². The Morgan fingerprint density at radius 2 is 1.30 bits per heavy atom. The predicted octanol–water partition coefficient (Wildman–Crippen LogP) is 9.58. The number of aryl methyl sites for hydroxylation is 1. The number of ether oxygens (including phenoxy) is 1. The maximum Gasteiger partial charge on any atom is 0.429 e. The predicted molar refractivity (Wildman–Crippen MR) is 119 cm³/mol. The monoisotopic (exact) mass is 582 g/mol. The molecular weight excluding hydrogens is 568 g/mol. The Kier molecular flexibility index (Phi) is 7.46.